The van der Waals surface area contributed by atoms with E-state index in [-0.39, 0.29) is 11.9 Å². The topological polar surface area (TPSA) is 58.4 Å². The van der Waals surface area contributed by atoms with Crippen LogP contribution in [0.3, 0.4) is 0 Å². The van der Waals surface area contributed by atoms with Gasteiger partial charge < -0.3 is 11.1 Å². The molecular weight excluding hydrogens is 226 g/mol. The second-order valence-corrected chi connectivity index (χ2v) is 5.47. The van der Waals surface area contributed by atoms with Crippen LogP contribution >= 0.6 is 0 Å². The van der Waals surface area contributed by atoms with E-state index in [1.165, 1.54) is 12.8 Å². The van der Waals surface area contributed by atoms with Gasteiger partial charge in [0.2, 0.25) is 5.91 Å². The van der Waals surface area contributed by atoms with Crippen LogP contribution in [0.25, 0.3) is 0 Å². The molecular formula is C14H29N3O. The molecule has 0 aromatic rings. The van der Waals surface area contributed by atoms with Crippen molar-refractivity contribution < 1.29 is 4.79 Å². The van der Waals surface area contributed by atoms with Crippen molar-refractivity contribution >= 4 is 5.91 Å². The molecule has 0 spiro atoms. The van der Waals surface area contributed by atoms with Crippen LogP contribution in [0.15, 0.2) is 0 Å². The Balaban J connectivity index is 2.45. The molecule has 0 radical (unpaired) electrons. The third-order valence-electron chi connectivity index (χ3n) is 3.97. The smallest absolute Gasteiger partial charge is 0.234 e. The van der Waals surface area contributed by atoms with Crippen molar-refractivity contribution in [2.24, 2.45) is 5.73 Å². The lowest BCUT2D eigenvalue weighted by Gasteiger charge is -2.37. The highest BCUT2D eigenvalue weighted by Gasteiger charge is 2.27. The highest BCUT2D eigenvalue weighted by Crippen LogP contribution is 2.18. The summed E-state index contributed by atoms with van der Waals surface area (Å²) in [6.07, 6.45) is 5.53. The van der Waals surface area contributed by atoms with Gasteiger partial charge in [0.25, 0.3) is 0 Å². The standard InChI is InChI=1S/C14H29N3O/c1-4-12(5-2)16-14(18)10-17-9-7-6-8-13(17)11(3)15/h11-13H,4-10,15H2,1-3H3,(H,16,18). The number of hydrogen-bond donors (Lipinski definition) is 2. The lowest BCUT2D eigenvalue weighted by atomic mass is 9.97. The maximum Gasteiger partial charge on any atom is 0.234 e. The average Bonchev–Trinajstić information content (AvgIpc) is 2.36. The van der Waals surface area contributed by atoms with Gasteiger partial charge in [0, 0.05) is 18.1 Å². The second-order valence-electron chi connectivity index (χ2n) is 5.47. The van der Waals surface area contributed by atoms with E-state index in [4.69, 9.17) is 5.73 Å². The van der Waals surface area contributed by atoms with Gasteiger partial charge in [-0.2, -0.15) is 0 Å². The van der Waals surface area contributed by atoms with E-state index in [0.29, 0.717) is 18.6 Å². The average molecular weight is 255 g/mol. The van der Waals surface area contributed by atoms with Gasteiger partial charge in [-0.25, -0.2) is 0 Å². The van der Waals surface area contributed by atoms with Crippen molar-refractivity contribution in [1.29, 1.82) is 0 Å². The number of nitrogens with zero attached hydrogens (tertiary/aromatic N) is 1. The molecule has 4 nitrogen and oxygen atoms in total. The van der Waals surface area contributed by atoms with Crippen LogP contribution in [0, 0.1) is 0 Å². The summed E-state index contributed by atoms with van der Waals surface area (Å²) in [6.45, 7) is 7.77. The Morgan fingerprint density at radius 3 is 2.61 bits per heavy atom. The van der Waals surface area contributed by atoms with Crippen molar-refractivity contribution in [2.75, 3.05) is 13.1 Å². The molecule has 0 aromatic heterocycles. The van der Waals surface area contributed by atoms with Crippen LogP contribution in [0.2, 0.25) is 0 Å². The lowest BCUT2D eigenvalue weighted by Crippen LogP contribution is -2.53. The third-order valence-corrected chi connectivity index (χ3v) is 3.97. The predicted octanol–water partition coefficient (Wildman–Crippen LogP) is 1.49. The van der Waals surface area contributed by atoms with E-state index in [2.05, 4.69) is 24.1 Å². The summed E-state index contributed by atoms with van der Waals surface area (Å²) in [6, 6.07) is 0.827. The largest absolute Gasteiger partial charge is 0.352 e. The minimum absolute atomic E-state index is 0.145. The first-order valence-electron chi connectivity index (χ1n) is 7.37. The van der Waals surface area contributed by atoms with E-state index in [1.807, 2.05) is 6.92 Å². The first-order valence-corrected chi connectivity index (χ1v) is 7.37. The van der Waals surface area contributed by atoms with E-state index in [1.54, 1.807) is 0 Å². The van der Waals surface area contributed by atoms with E-state index < -0.39 is 0 Å². The van der Waals surface area contributed by atoms with Gasteiger partial charge >= 0.3 is 0 Å². The number of likely N-dealkylation sites (tertiary alicyclic amines) is 1. The number of nitrogens with two attached hydrogens (primary N) is 1. The molecule has 0 aromatic carbocycles. The van der Waals surface area contributed by atoms with Gasteiger partial charge in [-0.15, -0.1) is 0 Å². The van der Waals surface area contributed by atoms with Crippen molar-refractivity contribution in [1.82, 2.24) is 10.2 Å². The van der Waals surface area contributed by atoms with Crippen LogP contribution < -0.4 is 11.1 Å². The molecule has 2 unspecified atom stereocenters. The number of nitrogens with one attached hydrogen (secondary N) is 1. The highest BCUT2D eigenvalue weighted by molar-refractivity contribution is 5.78. The van der Waals surface area contributed by atoms with Gasteiger partial charge in [0.1, 0.15) is 0 Å². The fourth-order valence-electron chi connectivity index (χ4n) is 2.76. The molecule has 0 aliphatic carbocycles. The normalized spacial score (nSPS) is 23.1. The zero-order valence-electron chi connectivity index (χ0n) is 12.1. The minimum atomic E-state index is 0.145. The molecule has 18 heavy (non-hydrogen) atoms. The Morgan fingerprint density at radius 1 is 1.39 bits per heavy atom. The van der Waals surface area contributed by atoms with Crippen LogP contribution in [0.4, 0.5) is 0 Å². The Kier molecular flexibility index (Phi) is 6.65. The molecule has 1 rings (SSSR count). The van der Waals surface area contributed by atoms with Gasteiger partial charge in [0.15, 0.2) is 0 Å². The van der Waals surface area contributed by atoms with E-state index in [9.17, 15) is 4.79 Å². The molecule has 1 saturated heterocycles. The first kappa shape index (κ1) is 15.4. The number of rotatable bonds is 6. The molecule has 0 bridgehead atoms. The van der Waals surface area contributed by atoms with Crippen molar-refractivity contribution in [3.63, 3.8) is 0 Å². The van der Waals surface area contributed by atoms with Crippen molar-refractivity contribution in [3.8, 4) is 0 Å². The fourth-order valence-corrected chi connectivity index (χ4v) is 2.76. The highest BCUT2D eigenvalue weighted by atomic mass is 16.2. The molecule has 2 atom stereocenters. The third kappa shape index (κ3) is 4.58. The number of carbonyl (C=O) groups excluding carboxylic acids is 1. The summed E-state index contributed by atoms with van der Waals surface area (Å²) >= 11 is 0. The minimum Gasteiger partial charge on any atom is -0.352 e. The molecule has 106 valence electrons. The fraction of sp³-hybridized carbons (Fsp3) is 0.929. The van der Waals surface area contributed by atoms with Gasteiger partial charge in [-0.1, -0.05) is 20.3 Å². The monoisotopic (exact) mass is 255 g/mol. The molecule has 1 fully saturated rings. The van der Waals surface area contributed by atoms with Crippen LogP contribution in [-0.2, 0) is 4.79 Å². The molecule has 1 amide bonds. The van der Waals surface area contributed by atoms with Gasteiger partial charge in [0.05, 0.1) is 6.54 Å². The number of piperidine rings is 1. The number of amides is 1. The summed E-state index contributed by atoms with van der Waals surface area (Å²) in [7, 11) is 0. The van der Waals surface area contributed by atoms with E-state index in [0.717, 1.165) is 25.8 Å². The zero-order chi connectivity index (χ0) is 13.5. The summed E-state index contributed by atoms with van der Waals surface area (Å²) in [5.41, 5.74) is 6.01. The Bertz CT molecular complexity index is 251. The second kappa shape index (κ2) is 7.74. The van der Waals surface area contributed by atoms with Crippen LogP contribution in [0.1, 0.15) is 52.9 Å². The molecule has 4 heteroatoms. The SMILES string of the molecule is CCC(CC)NC(=O)CN1CCCCC1C(C)N. The molecule has 0 saturated carbocycles. The summed E-state index contributed by atoms with van der Waals surface area (Å²) in [4.78, 5) is 14.3. The number of carbonyl (C=O) groups is 1. The van der Waals surface area contributed by atoms with Gasteiger partial charge in [-0.3, -0.25) is 9.69 Å². The first-order chi connectivity index (χ1) is 8.58. The quantitative estimate of drug-likeness (QED) is 0.756. The molecule has 3 N–H and O–H groups in total. The lowest BCUT2D eigenvalue weighted by molar-refractivity contribution is -0.124. The zero-order valence-corrected chi connectivity index (χ0v) is 12.1. The number of hydrogen-bond acceptors (Lipinski definition) is 3. The van der Waals surface area contributed by atoms with Crippen LogP contribution in [0.5, 0.6) is 0 Å². The Hall–Kier alpha value is -0.610. The summed E-state index contributed by atoms with van der Waals surface area (Å²) < 4.78 is 0. The van der Waals surface area contributed by atoms with Crippen molar-refractivity contribution in [2.45, 2.75) is 71.0 Å². The predicted molar refractivity (Wildman–Crippen MR) is 75.4 cm³/mol. The summed E-state index contributed by atoms with van der Waals surface area (Å²) in [5.74, 6) is 0.149. The molecule has 1 aliphatic heterocycles. The Labute approximate surface area is 111 Å². The molecule has 1 heterocycles. The maximum absolute atomic E-state index is 12.0. The van der Waals surface area contributed by atoms with Gasteiger partial charge in [-0.05, 0) is 39.2 Å². The van der Waals surface area contributed by atoms with Crippen molar-refractivity contribution in [3.05, 3.63) is 0 Å². The Morgan fingerprint density at radius 2 is 2.06 bits per heavy atom. The molecule has 1 aliphatic rings. The summed E-state index contributed by atoms with van der Waals surface area (Å²) in [5, 5.41) is 3.10. The van der Waals surface area contributed by atoms with Crippen LogP contribution in [-0.4, -0.2) is 42.0 Å². The van der Waals surface area contributed by atoms with E-state index >= 15 is 0 Å². The maximum atomic E-state index is 12.0.